The molecule has 2 aromatic rings. The minimum atomic E-state index is -1.22. The summed E-state index contributed by atoms with van der Waals surface area (Å²) in [6.07, 6.45) is 1.07. The Bertz CT molecular complexity index is 617. The molecule has 1 aromatic carbocycles. The lowest BCUT2D eigenvalue weighted by molar-refractivity contribution is 0.0199. The van der Waals surface area contributed by atoms with Crippen LogP contribution in [-0.2, 0) is 12.0 Å². The molecule has 6 nitrogen and oxygen atoms in total. The van der Waals surface area contributed by atoms with Crippen LogP contribution in [0.1, 0.15) is 35.2 Å². The molecular formula is C15H18N2O4. The van der Waals surface area contributed by atoms with E-state index in [0.29, 0.717) is 12.8 Å². The zero-order valence-corrected chi connectivity index (χ0v) is 12.0. The number of methoxy groups -OCH3 is 1. The van der Waals surface area contributed by atoms with Crippen molar-refractivity contribution in [2.45, 2.75) is 25.4 Å². The average Bonchev–Trinajstić information content (AvgIpc) is 2.97. The number of amides is 1. The van der Waals surface area contributed by atoms with Crippen molar-refractivity contribution in [3.8, 4) is 5.75 Å². The van der Waals surface area contributed by atoms with Gasteiger partial charge < -0.3 is 20.1 Å². The smallest absolute Gasteiger partial charge is 0.270 e. The highest BCUT2D eigenvalue weighted by atomic mass is 16.5. The standard InChI is InChI=1S/C15H18N2O4/c1-15(19,13-9-12(14(16)18)17-21-13)8-7-10-3-5-11(20-2)6-4-10/h3-6,9,19H,7-8H2,1-2H3,(H2,16,18). The topological polar surface area (TPSA) is 98.6 Å². The third kappa shape index (κ3) is 3.61. The van der Waals surface area contributed by atoms with Crippen LogP contribution in [0.15, 0.2) is 34.9 Å². The molecule has 2 rings (SSSR count). The molecule has 6 heteroatoms. The molecule has 0 aliphatic heterocycles. The quantitative estimate of drug-likeness (QED) is 0.842. The number of hydrogen-bond donors (Lipinski definition) is 2. The highest BCUT2D eigenvalue weighted by Crippen LogP contribution is 2.27. The Morgan fingerprint density at radius 3 is 2.62 bits per heavy atom. The number of nitrogens with two attached hydrogens (primary N) is 1. The fourth-order valence-electron chi connectivity index (χ4n) is 1.95. The van der Waals surface area contributed by atoms with Crippen LogP contribution < -0.4 is 10.5 Å². The van der Waals surface area contributed by atoms with E-state index in [9.17, 15) is 9.90 Å². The van der Waals surface area contributed by atoms with Gasteiger partial charge in [-0.05, 0) is 37.5 Å². The number of ether oxygens (including phenoxy) is 1. The Balaban J connectivity index is 2.03. The fourth-order valence-corrected chi connectivity index (χ4v) is 1.95. The van der Waals surface area contributed by atoms with E-state index in [1.54, 1.807) is 14.0 Å². The molecule has 1 aromatic heterocycles. The molecule has 1 atom stereocenters. The molecule has 0 aliphatic rings. The summed E-state index contributed by atoms with van der Waals surface area (Å²) in [7, 11) is 1.61. The largest absolute Gasteiger partial charge is 0.497 e. The summed E-state index contributed by atoms with van der Waals surface area (Å²) >= 11 is 0. The van der Waals surface area contributed by atoms with Gasteiger partial charge in [0, 0.05) is 6.07 Å². The Morgan fingerprint density at radius 1 is 1.43 bits per heavy atom. The van der Waals surface area contributed by atoms with Gasteiger partial charge in [-0.3, -0.25) is 4.79 Å². The van der Waals surface area contributed by atoms with Crippen LogP contribution in [0.5, 0.6) is 5.75 Å². The van der Waals surface area contributed by atoms with Gasteiger partial charge in [-0.2, -0.15) is 0 Å². The molecule has 0 saturated carbocycles. The third-order valence-corrected chi connectivity index (χ3v) is 3.35. The van der Waals surface area contributed by atoms with E-state index < -0.39 is 11.5 Å². The van der Waals surface area contributed by atoms with Gasteiger partial charge in [0.05, 0.1) is 7.11 Å². The van der Waals surface area contributed by atoms with Crippen molar-refractivity contribution < 1.29 is 19.2 Å². The van der Waals surface area contributed by atoms with E-state index in [1.165, 1.54) is 6.07 Å². The number of hydrogen-bond acceptors (Lipinski definition) is 5. The maximum Gasteiger partial charge on any atom is 0.270 e. The van der Waals surface area contributed by atoms with Crippen LogP contribution in [0, 0.1) is 0 Å². The number of aromatic nitrogens is 1. The normalized spacial score (nSPS) is 13.7. The number of carbonyl (C=O) groups is 1. The lowest BCUT2D eigenvalue weighted by Crippen LogP contribution is -2.21. The van der Waals surface area contributed by atoms with Crippen LogP contribution in [0.4, 0.5) is 0 Å². The van der Waals surface area contributed by atoms with Gasteiger partial charge in [0.25, 0.3) is 5.91 Å². The van der Waals surface area contributed by atoms with Gasteiger partial charge in [0.15, 0.2) is 11.5 Å². The minimum Gasteiger partial charge on any atom is -0.497 e. The van der Waals surface area contributed by atoms with E-state index in [0.717, 1.165) is 11.3 Å². The number of carbonyl (C=O) groups excluding carboxylic acids is 1. The molecular weight excluding hydrogens is 272 g/mol. The van der Waals surface area contributed by atoms with Crippen LogP contribution in [0.25, 0.3) is 0 Å². The maximum atomic E-state index is 11.0. The summed E-state index contributed by atoms with van der Waals surface area (Å²) in [5, 5.41) is 14.0. The molecule has 1 unspecified atom stereocenters. The molecule has 0 aliphatic carbocycles. The van der Waals surface area contributed by atoms with Crippen molar-refractivity contribution in [3.05, 3.63) is 47.3 Å². The molecule has 1 heterocycles. The van der Waals surface area contributed by atoms with Crippen molar-refractivity contribution in [1.82, 2.24) is 5.16 Å². The molecule has 112 valence electrons. The van der Waals surface area contributed by atoms with Gasteiger partial charge in [-0.25, -0.2) is 0 Å². The first-order valence-corrected chi connectivity index (χ1v) is 6.54. The maximum absolute atomic E-state index is 11.0. The summed E-state index contributed by atoms with van der Waals surface area (Å²) in [6.45, 7) is 1.61. The Morgan fingerprint density at radius 2 is 2.10 bits per heavy atom. The first-order valence-electron chi connectivity index (χ1n) is 6.54. The number of aryl methyl sites for hydroxylation is 1. The van der Waals surface area contributed by atoms with Crippen molar-refractivity contribution in [2.24, 2.45) is 5.73 Å². The molecule has 0 fully saturated rings. The van der Waals surface area contributed by atoms with Crippen LogP contribution in [-0.4, -0.2) is 23.3 Å². The predicted molar refractivity (Wildman–Crippen MR) is 75.9 cm³/mol. The molecule has 21 heavy (non-hydrogen) atoms. The number of aliphatic hydroxyl groups is 1. The third-order valence-electron chi connectivity index (χ3n) is 3.35. The second-order valence-corrected chi connectivity index (χ2v) is 5.06. The number of primary amides is 1. The summed E-state index contributed by atoms with van der Waals surface area (Å²) < 4.78 is 10.1. The summed E-state index contributed by atoms with van der Waals surface area (Å²) in [6, 6.07) is 8.97. The first-order chi connectivity index (χ1) is 9.92. The van der Waals surface area contributed by atoms with E-state index >= 15 is 0 Å². The highest BCUT2D eigenvalue weighted by Gasteiger charge is 2.28. The second-order valence-electron chi connectivity index (χ2n) is 5.06. The summed E-state index contributed by atoms with van der Waals surface area (Å²) in [4.78, 5) is 11.0. The van der Waals surface area contributed by atoms with Gasteiger partial charge in [0.1, 0.15) is 11.4 Å². The monoisotopic (exact) mass is 290 g/mol. The number of benzene rings is 1. The summed E-state index contributed by atoms with van der Waals surface area (Å²) in [5.41, 5.74) is 4.96. The molecule has 0 saturated heterocycles. The van der Waals surface area contributed by atoms with Crippen LogP contribution >= 0.6 is 0 Å². The molecule has 0 spiro atoms. The lowest BCUT2D eigenvalue weighted by Gasteiger charge is -2.19. The van der Waals surface area contributed by atoms with E-state index in [4.69, 9.17) is 15.0 Å². The average molecular weight is 290 g/mol. The SMILES string of the molecule is COc1ccc(CCC(C)(O)c2cc(C(N)=O)no2)cc1. The van der Waals surface area contributed by atoms with Gasteiger partial charge in [0.2, 0.25) is 0 Å². The van der Waals surface area contributed by atoms with E-state index in [2.05, 4.69) is 5.16 Å². The molecule has 0 radical (unpaired) electrons. The first kappa shape index (κ1) is 15.1. The Labute approximate surface area is 122 Å². The Kier molecular flexibility index (Phi) is 4.28. The Hall–Kier alpha value is -2.34. The zero-order chi connectivity index (χ0) is 15.5. The molecule has 1 amide bonds. The zero-order valence-electron chi connectivity index (χ0n) is 12.0. The lowest BCUT2D eigenvalue weighted by atomic mass is 9.94. The minimum absolute atomic E-state index is 0.00900. The fraction of sp³-hybridized carbons (Fsp3) is 0.333. The van der Waals surface area contributed by atoms with E-state index in [-0.39, 0.29) is 11.5 Å². The number of nitrogens with zero attached hydrogens (tertiary/aromatic N) is 1. The highest BCUT2D eigenvalue weighted by molar-refractivity contribution is 5.90. The van der Waals surface area contributed by atoms with E-state index in [1.807, 2.05) is 24.3 Å². The predicted octanol–water partition coefficient (Wildman–Crippen LogP) is 1.62. The molecule has 3 N–H and O–H groups in total. The second kappa shape index (κ2) is 5.97. The molecule has 0 bridgehead atoms. The van der Waals surface area contributed by atoms with Crippen molar-refractivity contribution in [3.63, 3.8) is 0 Å². The van der Waals surface area contributed by atoms with Crippen molar-refractivity contribution in [1.29, 1.82) is 0 Å². The number of rotatable bonds is 6. The van der Waals surface area contributed by atoms with Crippen molar-refractivity contribution in [2.75, 3.05) is 7.11 Å². The van der Waals surface area contributed by atoms with Gasteiger partial charge in [-0.1, -0.05) is 17.3 Å². The van der Waals surface area contributed by atoms with Crippen molar-refractivity contribution >= 4 is 5.91 Å². The van der Waals surface area contributed by atoms with Crippen LogP contribution in [0.2, 0.25) is 0 Å². The summed E-state index contributed by atoms with van der Waals surface area (Å²) in [5.74, 6) is 0.326. The van der Waals surface area contributed by atoms with Gasteiger partial charge in [-0.15, -0.1) is 0 Å². The van der Waals surface area contributed by atoms with Gasteiger partial charge >= 0.3 is 0 Å². The van der Waals surface area contributed by atoms with Crippen LogP contribution in [0.3, 0.4) is 0 Å².